The summed E-state index contributed by atoms with van der Waals surface area (Å²) < 4.78 is 40.0. The highest BCUT2D eigenvalue weighted by Crippen LogP contribution is 2.33. The maximum Gasteiger partial charge on any atom is 0.265 e. The van der Waals surface area contributed by atoms with E-state index in [0.717, 1.165) is 5.56 Å². The van der Waals surface area contributed by atoms with E-state index in [1.165, 1.54) is 28.7 Å². The number of aryl methyl sites for hydroxylation is 1. The van der Waals surface area contributed by atoms with E-state index in [0.29, 0.717) is 24.2 Å². The SMILES string of the molecule is Cc1cc(S(=O)(=O)N2CCc3ccc(F)cc32)cnc1Cl. The maximum atomic E-state index is 13.4. The van der Waals surface area contributed by atoms with Crippen molar-refractivity contribution in [3.63, 3.8) is 0 Å². The van der Waals surface area contributed by atoms with E-state index in [9.17, 15) is 12.8 Å². The van der Waals surface area contributed by atoms with Gasteiger partial charge in [-0.3, -0.25) is 4.31 Å². The third kappa shape index (κ3) is 2.38. The quantitative estimate of drug-likeness (QED) is 0.797. The van der Waals surface area contributed by atoms with Crippen molar-refractivity contribution >= 4 is 27.3 Å². The number of rotatable bonds is 2. The molecule has 0 amide bonds. The van der Waals surface area contributed by atoms with Crippen LogP contribution in [0.25, 0.3) is 0 Å². The molecule has 1 aromatic heterocycles. The Morgan fingerprint density at radius 3 is 2.81 bits per heavy atom. The van der Waals surface area contributed by atoms with Crippen LogP contribution in [0.2, 0.25) is 5.15 Å². The number of pyridine rings is 1. The second kappa shape index (κ2) is 4.96. The number of hydrogen-bond acceptors (Lipinski definition) is 3. The Labute approximate surface area is 127 Å². The van der Waals surface area contributed by atoms with Gasteiger partial charge in [-0.1, -0.05) is 17.7 Å². The van der Waals surface area contributed by atoms with Gasteiger partial charge in [0.2, 0.25) is 0 Å². The molecule has 0 aliphatic carbocycles. The van der Waals surface area contributed by atoms with Gasteiger partial charge in [-0.2, -0.15) is 0 Å². The number of aromatic nitrogens is 1. The van der Waals surface area contributed by atoms with Gasteiger partial charge in [0.05, 0.1) is 5.69 Å². The van der Waals surface area contributed by atoms with Gasteiger partial charge in [-0.15, -0.1) is 0 Å². The van der Waals surface area contributed by atoms with Gasteiger partial charge >= 0.3 is 0 Å². The molecular weight excluding hydrogens is 315 g/mol. The van der Waals surface area contributed by atoms with Crippen LogP contribution in [0.15, 0.2) is 35.4 Å². The number of fused-ring (bicyclic) bond motifs is 1. The van der Waals surface area contributed by atoms with Gasteiger partial charge in [0.15, 0.2) is 0 Å². The fraction of sp³-hybridized carbons (Fsp3) is 0.214. The van der Waals surface area contributed by atoms with Gasteiger partial charge < -0.3 is 0 Å². The van der Waals surface area contributed by atoms with Crippen molar-refractivity contribution in [2.45, 2.75) is 18.2 Å². The van der Waals surface area contributed by atoms with E-state index >= 15 is 0 Å². The number of nitrogens with zero attached hydrogens (tertiary/aromatic N) is 2. The van der Waals surface area contributed by atoms with Crippen molar-refractivity contribution < 1.29 is 12.8 Å². The van der Waals surface area contributed by atoms with E-state index in [1.807, 2.05) is 0 Å². The first-order valence-electron chi connectivity index (χ1n) is 6.33. The molecule has 110 valence electrons. The lowest BCUT2D eigenvalue weighted by Gasteiger charge is -2.19. The minimum Gasteiger partial charge on any atom is -0.266 e. The zero-order chi connectivity index (χ0) is 15.2. The molecule has 0 saturated carbocycles. The number of halogens is 2. The Kier molecular flexibility index (Phi) is 3.37. The second-order valence-corrected chi connectivity index (χ2v) is 7.10. The largest absolute Gasteiger partial charge is 0.266 e. The summed E-state index contributed by atoms with van der Waals surface area (Å²) in [4.78, 5) is 3.93. The Hall–Kier alpha value is -1.66. The summed E-state index contributed by atoms with van der Waals surface area (Å²) in [6.45, 7) is 1.98. The number of sulfonamides is 1. The van der Waals surface area contributed by atoms with Gasteiger partial charge in [-0.05, 0) is 42.7 Å². The topological polar surface area (TPSA) is 50.3 Å². The van der Waals surface area contributed by atoms with Crippen molar-refractivity contribution in [3.05, 3.63) is 52.6 Å². The predicted octanol–water partition coefficient (Wildman–Crippen LogP) is 2.93. The smallest absolute Gasteiger partial charge is 0.265 e. The van der Waals surface area contributed by atoms with Crippen LogP contribution in [0.5, 0.6) is 0 Å². The van der Waals surface area contributed by atoms with Crippen LogP contribution in [-0.2, 0) is 16.4 Å². The first kappa shape index (κ1) is 14.3. The van der Waals surface area contributed by atoms with E-state index in [4.69, 9.17) is 11.6 Å². The van der Waals surface area contributed by atoms with Gasteiger partial charge in [0.1, 0.15) is 15.9 Å². The molecule has 0 unspecified atom stereocenters. The second-order valence-electron chi connectivity index (χ2n) is 4.88. The van der Waals surface area contributed by atoms with E-state index in [2.05, 4.69) is 4.98 Å². The lowest BCUT2D eigenvalue weighted by molar-refractivity contribution is 0.591. The highest BCUT2D eigenvalue weighted by molar-refractivity contribution is 7.92. The maximum absolute atomic E-state index is 13.4. The zero-order valence-corrected chi connectivity index (χ0v) is 12.7. The van der Waals surface area contributed by atoms with Crippen molar-refractivity contribution in [1.82, 2.24) is 4.98 Å². The molecule has 0 spiro atoms. The first-order valence-corrected chi connectivity index (χ1v) is 8.15. The van der Waals surface area contributed by atoms with Crippen molar-refractivity contribution in [1.29, 1.82) is 0 Å². The highest BCUT2D eigenvalue weighted by atomic mass is 35.5. The van der Waals surface area contributed by atoms with Crippen LogP contribution in [0.3, 0.4) is 0 Å². The summed E-state index contributed by atoms with van der Waals surface area (Å²) in [6.07, 6.45) is 1.79. The summed E-state index contributed by atoms with van der Waals surface area (Å²) in [5.41, 5.74) is 1.79. The standard InChI is InChI=1S/C14H12ClFN2O2S/c1-9-6-12(8-17-14(9)15)21(19,20)18-5-4-10-2-3-11(16)7-13(10)18/h2-3,6-8H,4-5H2,1H3. The normalized spacial score (nSPS) is 14.3. The van der Waals surface area contributed by atoms with Gasteiger partial charge in [0.25, 0.3) is 10.0 Å². The molecule has 2 aromatic rings. The van der Waals surface area contributed by atoms with Crippen LogP contribution in [0.1, 0.15) is 11.1 Å². The Balaban J connectivity index is 2.09. The number of benzene rings is 1. The Morgan fingerprint density at radius 1 is 1.33 bits per heavy atom. The molecule has 3 rings (SSSR count). The molecule has 1 aliphatic heterocycles. The van der Waals surface area contributed by atoms with E-state index < -0.39 is 15.8 Å². The molecule has 21 heavy (non-hydrogen) atoms. The molecule has 0 bridgehead atoms. The Bertz CT molecular complexity index is 824. The molecule has 1 aromatic carbocycles. The molecule has 7 heteroatoms. The summed E-state index contributed by atoms with van der Waals surface area (Å²) in [7, 11) is -3.76. The van der Waals surface area contributed by atoms with Crippen LogP contribution in [0.4, 0.5) is 10.1 Å². The molecule has 0 radical (unpaired) electrons. The molecule has 0 N–H and O–H groups in total. The van der Waals surface area contributed by atoms with E-state index in [-0.39, 0.29) is 10.0 Å². The lowest BCUT2D eigenvalue weighted by atomic mass is 10.2. The molecule has 4 nitrogen and oxygen atoms in total. The molecule has 0 fully saturated rings. The molecule has 0 saturated heterocycles. The number of hydrogen-bond donors (Lipinski definition) is 0. The first-order chi connectivity index (χ1) is 9.89. The van der Waals surface area contributed by atoms with Crippen molar-refractivity contribution in [2.75, 3.05) is 10.8 Å². The molecular formula is C14H12ClFN2O2S. The van der Waals surface area contributed by atoms with Crippen molar-refractivity contribution in [2.24, 2.45) is 0 Å². The lowest BCUT2D eigenvalue weighted by Crippen LogP contribution is -2.29. The summed E-state index contributed by atoms with van der Waals surface area (Å²) in [5.74, 6) is -0.457. The summed E-state index contributed by atoms with van der Waals surface area (Å²) in [6, 6.07) is 5.67. The predicted molar refractivity (Wildman–Crippen MR) is 78.6 cm³/mol. The van der Waals surface area contributed by atoms with Crippen LogP contribution in [0, 0.1) is 12.7 Å². The minimum absolute atomic E-state index is 0.0570. The minimum atomic E-state index is -3.76. The highest BCUT2D eigenvalue weighted by Gasteiger charge is 2.31. The monoisotopic (exact) mass is 326 g/mol. The average Bonchev–Trinajstić information content (AvgIpc) is 2.85. The third-order valence-electron chi connectivity index (χ3n) is 3.48. The fourth-order valence-electron chi connectivity index (χ4n) is 2.37. The summed E-state index contributed by atoms with van der Waals surface area (Å²) >= 11 is 5.82. The molecule has 2 heterocycles. The molecule has 0 atom stereocenters. The molecule has 1 aliphatic rings. The zero-order valence-electron chi connectivity index (χ0n) is 11.2. The third-order valence-corrected chi connectivity index (χ3v) is 5.65. The fourth-order valence-corrected chi connectivity index (χ4v) is 4.00. The van der Waals surface area contributed by atoms with Crippen LogP contribution >= 0.6 is 11.6 Å². The summed E-state index contributed by atoms with van der Waals surface area (Å²) in [5, 5.41) is 0.266. The van der Waals surface area contributed by atoms with Gasteiger partial charge in [0, 0.05) is 12.7 Å². The van der Waals surface area contributed by atoms with Gasteiger partial charge in [-0.25, -0.2) is 17.8 Å². The average molecular weight is 327 g/mol. The van der Waals surface area contributed by atoms with E-state index in [1.54, 1.807) is 13.0 Å². The van der Waals surface area contributed by atoms with Crippen molar-refractivity contribution in [3.8, 4) is 0 Å². The Morgan fingerprint density at radius 2 is 2.10 bits per heavy atom. The van der Waals surface area contributed by atoms with Crippen LogP contribution in [-0.4, -0.2) is 19.9 Å². The van der Waals surface area contributed by atoms with Crippen LogP contribution < -0.4 is 4.31 Å². The number of anilines is 1.